The lowest BCUT2D eigenvalue weighted by Crippen LogP contribution is -1.96. The quantitative estimate of drug-likeness (QED) is 0.462. The summed E-state index contributed by atoms with van der Waals surface area (Å²) in [6.07, 6.45) is 1.66. The van der Waals surface area contributed by atoms with Crippen molar-refractivity contribution in [1.29, 1.82) is 0 Å². The highest BCUT2D eigenvalue weighted by Gasteiger charge is 1.98. The zero-order valence-corrected chi connectivity index (χ0v) is 11.6. The van der Waals surface area contributed by atoms with Crippen LogP contribution in [0.3, 0.4) is 0 Å². The van der Waals surface area contributed by atoms with Crippen LogP contribution in [0, 0.1) is 0 Å². The maximum absolute atomic E-state index is 10.6. The van der Waals surface area contributed by atoms with Crippen LogP contribution in [0.4, 0.5) is 0 Å². The lowest BCUT2D eigenvalue weighted by Gasteiger charge is -2.01. The van der Waals surface area contributed by atoms with Gasteiger partial charge < -0.3 is 0 Å². The van der Waals surface area contributed by atoms with Gasteiger partial charge in [-0.2, -0.15) is 0 Å². The SMILES string of the molecule is C/C(Cc1ccc(C=O)cc1)=N/Sc1ccccc1. The van der Waals surface area contributed by atoms with Gasteiger partial charge in [0.1, 0.15) is 6.29 Å². The topological polar surface area (TPSA) is 29.4 Å². The lowest BCUT2D eigenvalue weighted by atomic mass is 10.1. The van der Waals surface area contributed by atoms with Gasteiger partial charge in [-0.3, -0.25) is 4.79 Å². The van der Waals surface area contributed by atoms with Crippen molar-refractivity contribution in [1.82, 2.24) is 0 Å². The molecule has 96 valence electrons. The fourth-order valence-corrected chi connectivity index (χ4v) is 2.26. The largest absolute Gasteiger partial charge is 0.298 e. The van der Waals surface area contributed by atoms with Crippen molar-refractivity contribution in [3.05, 3.63) is 65.7 Å². The first-order chi connectivity index (χ1) is 9.28. The lowest BCUT2D eigenvalue weighted by molar-refractivity contribution is 0.112. The van der Waals surface area contributed by atoms with Crippen molar-refractivity contribution in [2.45, 2.75) is 18.2 Å². The van der Waals surface area contributed by atoms with E-state index in [9.17, 15) is 4.79 Å². The van der Waals surface area contributed by atoms with E-state index in [1.807, 2.05) is 61.5 Å². The van der Waals surface area contributed by atoms with Crippen LogP contribution in [-0.4, -0.2) is 12.0 Å². The molecule has 3 heteroatoms. The average Bonchev–Trinajstić information content (AvgIpc) is 2.47. The van der Waals surface area contributed by atoms with Gasteiger partial charge in [0.05, 0.1) is 0 Å². The van der Waals surface area contributed by atoms with Crippen LogP contribution in [-0.2, 0) is 6.42 Å². The van der Waals surface area contributed by atoms with Gasteiger partial charge in [-0.05, 0) is 24.6 Å². The van der Waals surface area contributed by atoms with Crippen LogP contribution in [0.15, 0.2) is 63.9 Å². The number of aldehydes is 1. The maximum Gasteiger partial charge on any atom is 0.150 e. The highest BCUT2D eigenvalue weighted by atomic mass is 32.2. The molecule has 0 heterocycles. The molecule has 2 aromatic carbocycles. The third-order valence-electron chi connectivity index (χ3n) is 2.63. The van der Waals surface area contributed by atoms with Gasteiger partial charge in [-0.25, -0.2) is 4.40 Å². The molecule has 0 spiro atoms. The minimum atomic E-state index is 0.706. The van der Waals surface area contributed by atoms with E-state index in [-0.39, 0.29) is 0 Å². The first kappa shape index (κ1) is 13.6. The maximum atomic E-state index is 10.6. The van der Waals surface area contributed by atoms with Crippen molar-refractivity contribution < 1.29 is 4.79 Å². The Kier molecular flexibility index (Phi) is 4.93. The summed E-state index contributed by atoms with van der Waals surface area (Å²) in [5, 5.41) is 0. The van der Waals surface area contributed by atoms with E-state index in [0.29, 0.717) is 5.56 Å². The Morgan fingerprint density at radius 1 is 1.11 bits per heavy atom. The van der Waals surface area contributed by atoms with E-state index in [4.69, 9.17) is 0 Å². The van der Waals surface area contributed by atoms with E-state index >= 15 is 0 Å². The smallest absolute Gasteiger partial charge is 0.150 e. The van der Waals surface area contributed by atoms with Crippen LogP contribution in [0.25, 0.3) is 0 Å². The highest BCUT2D eigenvalue weighted by molar-refractivity contribution is 7.98. The van der Waals surface area contributed by atoms with E-state index in [1.165, 1.54) is 17.5 Å². The molecule has 0 aliphatic carbocycles. The summed E-state index contributed by atoms with van der Waals surface area (Å²) in [6.45, 7) is 2.02. The summed E-state index contributed by atoms with van der Waals surface area (Å²) in [5.41, 5.74) is 2.94. The Morgan fingerprint density at radius 3 is 2.42 bits per heavy atom. The summed E-state index contributed by atoms with van der Waals surface area (Å²) in [5.74, 6) is 0. The molecule has 0 aromatic heterocycles. The summed E-state index contributed by atoms with van der Waals surface area (Å²) < 4.78 is 4.50. The third kappa shape index (κ3) is 4.38. The Morgan fingerprint density at radius 2 is 1.79 bits per heavy atom. The Balaban J connectivity index is 1.96. The molecule has 0 radical (unpaired) electrons. The molecule has 0 unspecified atom stereocenters. The van der Waals surface area contributed by atoms with Crippen molar-refractivity contribution >= 4 is 23.9 Å². The van der Waals surface area contributed by atoms with Gasteiger partial charge in [0, 0.05) is 34.5 Å². The number of benzene rings is 2. The summed E-state index contributed by atoms with van der Waals surface area (Å²) in [6, 6.07) is 17.7. The predicted octanol–water partition coefficient (Wildman–Crippen LogP) is 4.21. The molecule has 0 aliphatic rings. The molecule has 2 nitrogen and oxygen atoms in total. The molecular formula is C16H15NOS. The molecule has 0 N–H and O–H groups in total. The second-order valence-electron chi connectivity index (χ2n) is 4.27. The van der Waals surface area contributed by atoms with E-state index in [2.05, 4.69) is 4.40 Å². The van der Waals surface area contributed by atoms with Crippen LogP contribution in [0.1, 0.15) is 22.8 Å². The molecule has 0 bridgehead atoms. The van der Waals surface area contributed by atoms with Crippen LogP contribution in [0.2, 0.25) is 0 Å². The third-order valence-corrected chi connectivity index (χ3v) is 3.51. The van der Waals surface area contributed by atoms with Gasteiger partial charge in [-0.1, -0.05) is 42.5 Å². The number of rotatable bonds is 5. The van der Waals surface area contributed by atoms with Crippen molar-refractivity contribution in [2.75, 3.05) is 0 Å². The molecule has 0 amide bonds. The second-order valence-corrected chi connectivity index (χ2v) is 5.10. The molecule has 2 rings (SSSR count). The van der Waals surface area contributed by atoms with Crippen LogP contribution < -0.4 is 0 Å². The fraction of sp³-hybridized carbons (Fsp3) is 0.125. The van der Waals surface area contributed by atoms with Gasteiger partial charge in [0.15, 0.2) is 0 Å². The minimum absolute atomic E-state index is 0.706. The zero-order chi connectivity index (χ0) is 13.5. The monoisotopic (exact) mass is 269 g/mol. The van der Waals surface area contributed by atoms with Gasteiger partial charge >= 0.3 is 0 Å². The standard InChI is InChI=1S/C16H15NOS/c1-13(17-19-16-5-3-2-4-6-16)11-14-7-9-15(12-18)10-8-14/h2-10,12H,11H2,1H3/b17-13-. The normalized spacial score (nSPS) is 11.3. The molecule has 0 saturated heterocycles. The summed E-state index contributed by atoms with van der Waals surface area (Å²) >= 11 is 1.49. The van der Waals surface area contributed by atoms with Gasteiger partial charge in [0.25, 0.3) is 0 Å². The van der Waals surface area contributed by atoms with E-state index in [0.717, 1.165) is 23.3 Å². The van der Waals surface area contributed by atoms with Gasteiger partial charge in [-0.15, -0.1) is 0 Å². The molecule has 0 atom stereocenters. The molecular weight excluding hydrogens is 254 g/mol. The van der Waals surface area contributed by atoms with Crippen molar-refractivity contribution in [3.63, 3.8) is 0 Å². The Hall–Kier alpha value is -1.87. The van der Waals surface area contributed by atoms with Gasteiger partial charge in [0.2, 0.25) is 0 Å². The molecule has 19 heavy (non-hydrogen) atoms. The summed E-state index contributed by atoms with van der Waals surface area (Å²) in [7, 11) is 0. The number of hydrogen-bond acceptors (Lipinski definition) is 3. The number of hydrogen-bond donors (Lipinski definition) is 0. The van der Waals surface area contributed by atoms with Crippen molar-refractivity contribution in [2.24, 2.45) is 4.40 Å². The van der Waals surface area contributed by atoms with Crippen molar-refractivity contribution in [3.8, 4) is 0 Å². The Labute approximate surface area is 117 Å². The zero-order valence-electron chi connectivity index (χ0n) is 10.7. The molecule has 2 aromatic rings. The second kappa shape index (κ2) is 6.90. The fourth-order valence-electron chi connectivity index (χ4n) is 1.65. The van der Waals surface area contributed by atoms with E-state index in [1.54, 1.807) is 0 Å². The highest BCUT2D eigenvalue weighted by Crippen LogP contribution is 2.19. The predicted molar refractivity (Wildman–Crippen MR) is 80.9 cm³/mol. The number of nitrogens with zero attached hydrogens (tertiary/aromatic N) is 1. The molecule has 0 saturated carbocycles. The first-order valence-corrected chi connectivity index (χ1v) is 6.85. The molecule has 0 fully saturated rings. The first-order valence-electron chi connectivity index (χ1n) is 6.07. The Bertz CT molecular complexity index is 561. The number of carbonyl (C=O) groups is 1. The van der Waals surface area contributed by atoms with Crippen LogP contribution in [0.5, 0.6) is 0 Å². The molecule has 0 aliphatic heterocycles. The number of carbonyl (C=O) groups excluding carboxylic acids is 1. The van der Waals surface area contributed by atoms with Crippen LogP contribution >= 0.6 is 11.9 Å². The summed E-state index contributed by atoms with van der Waals surface area (Å²) in [4.78, 5) is 11.7. The average molecular weight is 269 g/mol. The minimum Gasteiger partial charge on any atom is -0.298 e. The van der Waals surface area contributed by atoms with E-state index < -0.39 is 0 Å².